The Balaban J connectivity index is 1.82. The molecule has 0 amide bonds. The molecule has 2 aliphatic heterocycles. The summed E-state index contributed by atoms with van der Waals surface area (Å²) in [5, 5.41) is 0. The summed E-state index contributed by atoms with van der Waals surface area (Å²) in [6, 6.07) is 1.03. The molecule has 2 fully saturated rings. The molecule has 0 aromatic carbocycles. The predicted octanol–water partition coefficient (Wildman–Crippen LogP) is 1.24. The summed E-state index contributed by atoms with van der Waals surface area (Å²) in [4.78, 5) is 5.77. The van der Waals surface area contributed by atoms with E-state index in [1.807, 2.05) is 0 Å². The van der Waals surface area contributed by atoms with Crippen LogP contribution in [0.15, 0.2) is 0 Å². The van der Waals surface area contributed by atoms with Gasteiger partial charge in [-0.1, -0.05) is 25.6 Å². The maximum absolute atomic E-state index is 5.89. The second kappa shape index (κ2) is 7.53. The quantitative estimate of drug-likeness (QED) is 0.770. The Hall–Kier alpha value is -0.230. The fraction of sp³-hybridized carbons (Fsp3) is 0.929. The van der Waals surface area contributed by atoms with Gasteiger partial charge in [0, 0.05) is 45.4 Å². The number of rotatable bonds is 5. The minimum Gasteiger partial charge on any atom is -0.392 e. The molecule has 19 heavy (non-hydrogen) atoms. The fourth-order valence-corrected chi connectivity index (χ4v) is 3.51. The molecule has 1 unspecified atom stereocenters. The van der Waals surface area contributed by atoms with Gasteiger partial charge in [0.05, 0.1) is 11.0 Å². The molecule has 1 atom stereocenters. The Morgan fingerprint density at radius 1 is 1.26 bits per heavy atom. The molecule has 0 aromatic rings. The van der Waals surface area contributed by atoms with Crippen molar-refractivity contribution in [3.63, 3.8) is 0 Å². The smallest absolute Gasteiger partial charge is 0.0902 e. The normalized spacial score (nSPS) is 25.3. The van der Waals surface area contributed by atoms with Crippen molar-refractivity contribution in [1.29, 1.82) is 0 Å². The second-order valence-corrected chi connectivity index (χ2v) is 6.09. The van der Waals surface area contributed by atoms with Crippen LogP contribution in [0.1, 0.15) is 32.6 Å². The number of nitrogens with zero attached hydrogens (tertiary/aromatic N) is 2. The second-order valence-electron chi connectivity index (χ2n) is 5.62. The lowest BCUT2D eigenvalue weighted by Crippen LogP contribution is -2.56. The van der Waals surface area contributed by atoms with Crippen molar-refractivity contribution in [2.45, 2.75) is 44.7 Å². The van der Waals surface area contributed by atoms with Gasteiger partial charge in [-0.15, -0.1) is 0 Å². The van der Waals surface area contributed by atoms with E-state index in [0.29, 0.717) is 11.0 Å². The molecule has 5 heteroatoms. The van der Waals surface area contributed by atoms with Crippen molar-refractivity contribution in [3.8, 4) is 0 Å². The van der Waals surface area contributed by atoms with E-state index in [-0.39, 0.29) is 0 Å². The van der Waals surface area contributed by atoms with E-state index in [4.69, 9.17) is 22.7 Å². The van der Waals surface area contributed by atoms with Gasteiger partial charge in [0.1, 0.15) is 0 Å². The standard InChI is InChI=1S/C14H27N3OS/c1-2-3-13(14(15)19)17-8-6-16(7-9-17)12-4-10-18-11-5-12/h12-13H,2-11H2,1H3,(H2,15,19). The lowest BCUT2D eigenvalue weighted by Gasteiger charge is -2.43. The topological polar surface area (TPSA) is 41.7 Å². The Labute approximate surface area is 122 Å². The Bertz CT molecular complexity index is 286. The molecular formula is C14H27N3OS. The first-order chi connectivity index (χ1) is 9.22. The molecule has 4 nitrogen and oxygen atoms in total. The number of thiocarbonyl (C=S) groups is 1. The highest BCUT2D eigenvalue weighted by molar-refractivity contribution is 7.80. The summed E-state index contributed by atoms with van der Waals surface area (Å²) in [5.41, 5.74) is 5.89. The highest BCUT2D eigenvalue weighted by atomic mass is 32.1. The Kier molecular flexibility index (Phi) is 6.01. The van der Waals surface area contributed by atoms with Gasteiger partial charge in [-0.3, -0.25) is 9.80 Å². The van der Waals surface area contributed by atoms with E-state index in [9.17, 15) is 0 Å². The summed E-state index contributed by atoms with van der Waals surface area (Å²) in [6.07, 6.45) is 4.61. The monoisotopic (exact) mass is 285 g/mol. The number of ether oxygens (including phenoxy) is 1. The highest BCUT2D eigenvalue weighted by Crippen LogP contribution is 2.18. The van der Waals surface area contributed by atoms with Crippen LogP contribution < -0.4 is 5.73 Å². The van der Waals surface area contributed by atoms with Gasteiger partial charge in [-0.05, 0) is 19.3 Å². The molecule has 0 aliphatic carbocycles. The van der Waals surface area contributed by atoms with E-state index in [2.05, 4.69) is 16.7 Å². The average Bonchev–Trinajstić information content (AvgIpc) is 2.46. The number of hydrogen-bond donors (Lipinski definition) is 1. The zero-order chi connectivity index (χ0) is 13.7. The van der Waals surface area contributed by atoms with Gasteiger partial charge in [0.25, 0.3) is 0 Å². The number of piperazine rings is 1. The average molecular weight is 285 g/mol. The maximum Gasteiger partial charge on any atom is 0.0902 e. The molecule has 2 aliphatic rings. The Morgan fingerprint density at radius 2 is 1.89 bits per heavy atom. The van der Waals surface area contributed by atoms with Crippen molar-refractivity contribution in [2.75, 3.05) is 39.4 Å². The van der Waals surface area contributed by atoms with Crippen LogP contribution in [0.2, 0.25) is 0 Å². The van der Waals surface area contributed by atoms with Crippen LogP contribution in [0.4, 0.5) is 0 Å². The Morgan fingerprint density at radius 3 is 2.42 bits per heavy atom. The van der Waals surface area contributed by atoms with Crippen LogP contribution in [-0.4, -0.2) is 66.3 Å². The van der Waals surface area contributed by atoms with Crippen LogP contribution in [0.5, 0.6) is 0 Å². The molecule has 2 heterocycles. The zero-order valence-corrected chi connectivity index (χ0v) is 12.8. The third-order valence-corrected chi connectivity index (χ3v) is 4.66. The highest BCUT2D eigenvalue weighted by Gasteiger charge is 2.29. The molecule has 0 bridgehead atoms. The van der Waals surface area contributed by atoms with E-state index < -0.39 is 0 Å². The summed E-state index contributed by atoms with van der Waals surface area (Å²) >= 11 is 5.22. The van der Waals surface area contributed by atoms with Crippen LogP contribution in [-0.2, 0) is 4.74 Å². The minimum atomic E-state index is 0.303. The molecular weight excluding hydrogens is 258 g/mol. The molecule has 0 aromatic heterocycles. The molecule has 0 radical (unpaired) electrons. The largest absolute Gasteiger partial charge is 0.392 e. The lowest BCUT2D eigenvalue weighted by molar-refractivity contribution is 0.0105. The SMILES string of the molecule is CCCC(C(N)=S)N1CCN(C2CCOCC2)CC1. The maximum atomic E-state index is 5.89. The summed E-state index contributed by atoms with van der Waals surface area (Å²) < 4.78 is 5.44. The van der Waals surface area contributed by atoms with Gasteiger partial charge in [-0.25, -0.2) is 0 Å². The van der Waals surface area contributed by atoms with Gasteiger partial charge < -0.3 is 10.5 Å². The van der Waals surface area contributed by atoms with Crippen molar-refractivity contribution >= 4 is 17.2 Å². The fourth-order valence-electron chi connectivity index (χ4n) is 3.24. The molecule has 2 rings (SSSR count). The van der Waals surface area contributed by atoms with E-state index in [1.165, 1.54) is 12.8 Å². The van der Waals surface area contributed by atoms with E-state index in [1.54, 1.807) is 0 Å². The van der Waals surface area contributed by atoms with E-state index in [0.717, 1.165) is 58.3 Å². The van der Waals surface area contributed by atoms with Gasteiger partial charge in [0.15, 0.2) is 0 Å². The molecule has 110 valence electrons. The van der Waals surface area contributed by atoms with Gasteiger partial charge >= 0.3 is 0 Å². The summed E-state index contributed by atoms with van der Waals surface area (Å²) in [6.45, 7) is 8.54. The van der Waals surface area contributed by atoms with Crippen LogP contribution >= 0.6 is 12.2 Å². The predicted molar refractivity (Wildman–Crippen MR) is 82.5 cm³/mol. The van der Waals surface area contributed by atoms with Crippen molar-refractivity contribution in [1.82, 2.24) is 9.80 Å². The first kappa shape index (κ1) is 15.2. The molecule has 2 N–H and O–H groups in total. The third kappa shape index (κ3) is 4.12. The summed E-state index contributed by atoms with van der Waals surface area (Å²) in [7, 11) is 0. The first-order valence-electron chi connectivity index (χ1n) is 7.57. The van der Waals surface area contributed by atoms with Gasteiger partial charge in [-0.2, -0.15) is 0 Å². The molecule has 2 saturated heterocycles. The molecule has 0 spiro atoms. The van der Waals surface area contributed by atoms with Crippen molar-refractivity contribution < 1.29 is 4.74 Å². The van der Waals surface area contributed by atoms with Crippen LogP contribution in [0, 0.1) is 0 Å². The summed E-state index contributed by atoms with van der Waals surface area (Å²) in [5.74, 6) is 0. The van der Waals surface area contributed by atoms with Crippen LogP contribution in [0.25, 0.3) is 0 Å². The minimum absolute atomic E-state index is 0.303. The number of hydrogen-bond acceptors (Lipinski definition) is 4. The lowest BCUT2D eigenvalue weighted by atomic mass is 10.0. The van der Waals surface area contributed by atoms with E-state index >= 15 is 0 Å². The zero-order valence-electron chi connectivity index (χ0n) is 12.0. The van der Waals surface area contributed by atoms with Crippen molar-refractivity contribution in [3.05, 3.63) is 0 Å². The third-order valence-electron chi connectivity index (χ3n) is 4.39. The number of nitrogens with two attached hydrogens (primary N) is 1. The van der Waals surface area contributed by atoms with Gasteiger partial charge in [0.2, 0.25) is 0 Å². The molecule has 0 saturated carbocycles. The van der Waals surface area contributed by atoms with Crippen molar-refractivity contribution in [2.24, 2.45) is 5.73 Å². The van der Waals surface area contributed by atoms with Crippen LogP contribution in [0.3, 0.4) is 0 Å². The first-order valence-corrected chi connectivity index (χ1v) is 7.98.